The Morgan fingerprint density at radius 2 is 1.71 bits per heavy atom. The van der Waals surface area contributed by atoms with Crippen LogP contribution in [0, 0.1) is 11.6 Å². The van der Waals surface area contributed by atoms with Crippen LogP contribution in [0.25, 0.3) is 0 Å². The third-order valence-electron chi connectivity index (χ3n) is 2.72. The van der Waals surface area contributed by atoms with Crippen LogP contribution in [-0.2, 0) is 12.7 Å². The molecule has 2 aromatic rings. The lowest BCUT2D eigenvalue weighted by atomic mass is 10.1. The van der Waals surface area contributed by atoms with Crippen molar-refractivity contribution in [2.45, 2.75) is 12.7 Å². The molecule has 0 radical (unpaired) electrons. The van der Waals surface area contributed by atoms with Crippen LogP contribution >= 0.6 is 0 Å². The monoisotopic (exact) mass is 303 g/mol. The van der Waals surface area contributed by atoms with E-state index in [0.29, 0.717) is 0 Å². The summed E-state index contributed by atoms with van der Waals surface area (Å²) >= 11 is 0. The maximum atomic E-state index is 13.4. The average molecular weight is 303 g/mol. The molecule has 0 fully saturated rings. The predicted molar refractivity (Wildman–Crippen MR) is 65.8 cm³/mol. The molecule has 0 unspecified atom stereocenters. The topological polar surface area (TPSA) is 35.2 Å². The third-order valence-corrected chi connectivity index (χ3v) is 2.72. The first-order chi connectivity index (χ1) is 9.81. The van der Waals surface area contributed by atoms with Crippen molar-refractivity contribution >= 4 is 0 Å². The summed E-state index contributed by atoms with van der Waals surface area (Å²) in [6, 6.07) is 5.42. The smallest absolute Gasteiger partial charge is 0.416 e. The number of rotatable bonds is 3. The number of ether oxygens (including phenoxy) is 1. The SMILES string of the molecule is NCc1cc(Oc2cc(F)ccc2F)ccc1C(F)(F)F. The van der Waals surface area contributed by atoms with Gasteiger partial charge in [-0.3, -0.25) is 0 Å². The Bertz CT molecular complexity index is 654. The Morgan fingerprint density at radius 1 is 1.00 bits per heavy atom. The van der Waals surface area contributed by atoms with Crippen molar-refractivity contribution in [3.05, 3.63) is 59.2 Å². The van der Waals surface area contributed by atoms with Gasteiger partial charge in [0.25, 0.3) is 0 Å². The highest BCUT2D eigenvalue weighted by Gasteiger charge is 2.33. The summed E-state index contributed by atoms with van der Waals surface area (Å²) in [7, 11) is 0. The van der Waals surface area contributed by atoms with E-state index < -0.39 is 29.1 Å². The van der Waals surface area contributed by atoms with Gasteiger partial charge in [-0.15, -0.1) is 0 Å². The lowest BCUT2D eigenvalue weighted by Crippen LogP contribution is -2.11. The maximum absolute atomic E-state index is 13.4. The van der Waals surface area contributed by atoms with Crippen LogP contribution < -0.4 is 10.5 Å². The minimum atomic E-state index is -4.54. The van der Waals surface area contributed by atoms with Gasteiger partial charge in [0.2, 0.25) is 0 Å². The number of halogens is 5. The summed E-state index contributed by atoms with van der Waals surface area (Å²) in [5, 5.41) is 0. The molecule has 0 saturated carbocycles. The molecule has 112 valence electrons. The molecule has 0 aromatic heterocycles. The number of benzene rings is 2. The molecule has 0 heterocycles. The summed E-state index contributed by atoms with van der Waals surface area (Å²) in [6.45, 7) is -0.363. The zero-order valence-electron chi connectivity index (χ0n) is 10.5. The van der Waals surface area contributed by atoms with Crippen LogP contribution in [0.5, 0.6) is 11.5 Å². The zero-order chi connectivity index (χ0) is 15.6. The Morgan fingerprint density at radius 3 is 2.33 bits per heavy atom. The van der Waals surface area contributed by atoms with Gasteiger partial charge in [-0.2, -0.15) is 13.2 Å². The molecule has 7 heteroatoms. The number of nitrogens with two attached hydrogens (primary N) is 1. The summed E-state index contributed by atoms with van der Waals surface area (Å²) < 4.78 is 69.6. The van der Waals surface area contributed by atoms with Crippen molar-refractivity contribution < 1.29 is 26.7 Å². The Hall–Kier alpha value is -2.15. The van der Waals surface area contributed by atoms with E-state index >= 15 is 0 Å². The fourth-order valence-electron chi connectivity index (χ4n) is 1.76. The third kappa shape index (κ3) is 3.49. The van der Waals surface area contributed by atoms with Crippen LogP contribution in [0.2, 0.25) is 0 Å². The van der Waals surface area contributed by atoms with Gasteiger partial charge in [-0.25, -0.2) is 8.78 Å². The molecule has 2 N–H and O–H groups in total. The first-order valence-electron chi connectivity index (χ1n) is 5.84. The Balaban J connectivity index is 2.36. The fourth-order valence-corrected chi connectivity index (χ4v) is 1.76. The van der Waals surface area contributed by atoms with Crippen LogP contribution in [-0.4, -0.2) is 0 Å². The van der Waals surface area contributed by atoms with E-state index in [1.54, 1.807) is 0 Å². The number of hydrogen-bond donors (Lipinski definition) is 1. The molecule has 0 aliphatic heterocycles. The van der Waals surface area contributed by atoms with Gasteiger partial charge in [-0.1, -0.05) is 0 Å². The Kier molecular flexibility index (Phi) is 4.13. The van der Waals surface area contributed by atoms with Crippen LogP contribution in [0.1, 0.15) is 11.1 Å². The average Bonchev–Trinajstić information content (AvgIpc) is 2.41. The highest BCUT2D eigenvalue weighted by Crippen LogP contribution is 2.35. The minimum absolute atomic E-state index is 0.0621. The van der Waals surface area contributed by atoms with E-state index in [1.165, 1.54) is 0 Å². The van der Waals surface area contributed by atoms with Crippen molar-refractivity contribution in [2.75, 3.05) is 0 Å². The first kappa shape index (κ1) is 15.2. The molecule has 0 aliphatic rings. The molecule has 0 saturated heterocycles. The van der Waals surface area contributed by atoms with E-state index in [-0.39, 0.29) is 17.9 Å². The lowest BCUT2D eigenvalue weighted by molar-refractivity contribution is -0.138. The standard InChI is InChI=1S/C14H10F5NO/c15-9-1-4-12(16)13(6-9)21-10-2-3-11(14(17,18)19)8(5-10)7-20/h1-6H,7,20H2. The second-order valence-corrected chi connectivity index (χ2v) is 4.20. The summed E-state index contributed by atoms with van der Waals surface area (Å²) in [6.07, 6.45) is -4.54. The largest absolute Gasteiger partial charge is 0.454 e. The molecule has 0 spiro atoms. The summed E-state index contributed by atoms with van der Waals surface area (Å²) in [4.78, 5) is 0. The quantitative estimate of drug-likeness (QED) is 0.861. The van der Waals surface area contributed by atoms with Gasteiger partial charge in [0, 0.05) is 12.6 Å². The van der Waals surface area contributed by atoms with Crippen LogP contribution in [0.4, 0.5) is 22.0 Å². The predicted octanol–water partition coefficient (Wildman–Crippen LogP) is 4.23. The molecule has 2 rings (SSSR count). The first-order valence-corrected chi connectivity index (χ1v) is 5.84. The van der Waals surface area contributed by atoms with Crippen molar-refractivity contribution in [3.8, 4) is 11.5 Å². The zero-order valence-corrected chi connectivity index (χ0v) is 10.5. The second-order valence-electron chi connectivity index (χ2n) is 4.20. The van der Waals surface area contributed by atoms with Gasteiger partial charge in [0.05, 0.1) is 5.56 Å². The van der Waals surface area contributed by atoms with Crippen molar-refractivity contribution in [1.29, 1.82) is 0 Å². The van der Waals surface area contributed by atoms with Gasteiger partial charge in [0.15, 0.2) is 11.6 Å². The van der Waals surface area contributed by atoms with E-state index in [1.807, 2.05) is 0 Å². The second kappa shape index (κ2) is 5.69. The molecule has 21 heavy (non-hydrogen) atoms. The molecule has 0 atom stereocenters. The van der Waals surface area contributed by atoms with Crippen molar-refractivity contribution in [1.82, 2.24) is 0 Å². The number of hydrogen-bond acceptors (Lipinski definition) is 2. The number of alkyl halides is 3. The van der Waals surface area contributed by atoms with Crippen molar-refractivity contribution in [3.63, 3.8) is 0 Å². The van der Waals surface area contributed by atoms with Gasteiger partial charge < -0.3 is 10.5 Å². The molecular weight excluding hydrogens is 293 g/mol. The molecular formula is C14H10F5NO. The Labute approximate surface area is 116 Å². The van der Waals surface area contributed by atoms with Gasteiger partial charge in [-0.05, 0) is 35.9 Å². The fraction of sp³-hybridized carbons (Fsp3) is 0.143. The van der Waals surface area contributed by atoms with Gasteiger partial charge in [0.1, 0.15) is 11.6 Å². The minimum Gasteiger partial charge on any atom is -0.454 e. The van der Waals surface area contributed by atoms with Crippen LogP contribution in [0.15, 0.2) is 36.4 Å². The summed E-state index contributed by atoms with van der Waals surface area (Å²) in [5.41, 5.74) is 4.18. The maximum Gasteiger partial charge on any atom is 0.416 e. The van der Waals surface area contributed by atoms with Crippen LogP contribution in [0.3, 0.4) is 0 Å². The molecule has 0 bridgehead atoms. The molecule has 0 amide bonds. The van der Waals surface area contributed by atoms with E-state index in [0.717, 1.165) is 36.4 Å². The molecule has 2 aromatic carbocycles. The van der Waals surface area contributed by atoms with Gasteiger partial charge >= 0.3 is 6.18 Å². The van der Waals surface area contributed by atoms with E-state index in [9.17, 15) is 22.0 Å². The normalized spacial score (nSPS) is 11.5. The summed E-state index contributed by atoms with van der Waals surface area (Å²) in [5.74, 6) is -2.03. The van der Waals surface area contributed by atoms with E-state index in [2.05, 4.69) is 0 Å². The molecule has 2 nitrogen and oxygen atoms in total. The lowest BCUT2D eigenvalue weighted by Gasteiger charge is -2.14. The van der Waals surface area contributed by atoms with E-state index in [4.69, 9.17) is 10.5 Å². The highest BCUT2D eigenvalue weighted by molar-refractivity contribution is 5.40. The van der Waals surface area contributed by atoms with Crippen molar-refractivity contribution in [2.24, 2.45) is 5.73 Å². The molecule has 0 aliphatic carbocycles. The highest BCUT2D eigenvalue weighted by atomic mass is 19.4.